The van der Waals surface area contributed by atoms with E-state index >= 15 is 0 Å². The average molecular weight is 1380 g/mol. The molecule has 97 heavy (non-hydrogen) atoms. The number of ketones is 1. The van der Waals surface area contributed by atoms with Gasteiger partial charge in [0.15, 0.2) is 50.1 Å². The lowest BCUT2D eigenvalue weighted by atomic mass is 9.46. The van der Waals surface area contributed by atoms with E-state index in [2.05, 4.69) is 19.9 Å². The predicted octanol–water partition coefficient (Wildman–Crippen LogP) is 5.42. The van der Waals surface area contributed by atoms with E-state index in [4.69, 9.17) is 99.5 Å². The van der Waals surface area contributed by atoms with Crippen LogP contribution >= 0.6 is 0 Å². The standard InChI is InChI=1S/C70H110O27/c1-32-24-48(77-12)57(75)65(83-32)91-42-18-21-67(10)41(25-42)16-17-43-44(67)19-22-68(11)45(43)20-23-69(68,76)39(8)89-54-29-50-62(37(6)87-54)97-70(82-31-81-50)30-51(79-14)61(38(7)96-70)94-53-27-47(73)58(34(3)85-53)92-52-26-46(72)59(35(4)84-52)93-55-28-49(78-13)60(36(5)86-55)95-66-64(90-40(9)71)63(80-15)56(74)33(2)88-66/h16,24,32-39,42-47,49-56,58-66,72-74,76H,17-23,25-31H2,1-15H3/t32-,33-,34-,35-,36-,37-,38-,39+,42+,43-,44+,45+,46-,47+,49+,50-,51-,52+,53+,54+,55+,56+,58-,59-,60-,61-,62-,63+,64-,65+,66+,67+,68+,69+,70-/m1/s1. The van der Waals surface area contributed by atoms with Crippen LogP contribution in [0.1, 0.15) is 160 Å². The van der Waals surface area contributed by atoms with Gasteiger partial charge in [0.25, 0.3) is 11.8 Å². The Morgan fingerprint density at radius 1 is 0.639 bits per heavy atom. The zero-order valence-electron chi connectivity index (χ0n) is 59.1. The second-order valence-corrected chi connectivity index (χ2v) is 30.1. The van der Waals surface area contributed by atoms with Crippen LogP contribution in [0.15, 0.2) is 23.5 Å². The Hall–Kier alpha value is -2.50. The molecule has 27 nitrogen and oxygen atoms in total. The number of rotatable bonds is 18. The number of esters is 1. The van der Waals surface area contributed by atoms with Crippen LogP contribution in [0, 0.1) is 28.6 Å². The van der Waals surface area contributed by atoms with Gasteiger partial charge in [0.05, 0.1) is 105 Å². The zero-order chi connectivity index (χ0) is 69.4. The molecule has 35 atom stereocenters. The van der Waals surface area contributed by atoms with Crippen molar-refractivity contribution in [1.29, 1.82) is 0 Å². The topological polar surface area (TPSA) is 309 Å². The second-order valence-electron chi connectivity index (χ2n) is 30.1. The first-order chi connectivity index (χ1) is 46.1. The molecule has 8 heterocycles. The molecule has 0 bridgehead atoms. The van der Waals surface area contributed by atoms with Crippen molar-refractivity contribution in [3.63, 3.8) is 0 Å². The molecule has 8 aliphatic heterocycles. The Balaban J connectivity index is 0.596. The first-order valence-electron chi connectivity index (χ1n) is 35.6. The molecule has 4 N–H and O–H groups in total. The molecule has 27 heteroatoms. The predicted molar refractivity (Wildman–Crippen MR) is 336 cm³/mol. The van der Waals surface area contributed by atoms with Crippen molar-refractivity contribution in [2.45, 2.75) is 343 Å². The lowest BCUT2D eigenvalue weighted by Gasteiger charge is -2.59. The number of fused-ring (bicyclic) bond motifs is 6. The average Bonchev–Trinajstić information content (AvgIpc) is 1.60. The Labute approximate surface area is 569 Å². The fourth-order valence-electron chi connectivity index (χ4n) is 19.0. The van der Waals surface area contributed by atoms with Crippen molar-refractivity contribution >= 4 is 11.8 Å². The highest BCUT2D eigenvalue weighted by Gasteiger charge is 2.67. The van der Waals surface area contributed by atoms with E-state index in [9.17, 15) is 30.0 Å². The first-order valence-corrected chi connectivity index (χ1v) is 35.6. The molecule has 0 aromatic carbocycles. The van der Waals surface area contributed by atoms with Crippen LogP contribution in [-0.2, 0) is 109 Å². The summed E-state index contributed by atoms with van der Waals surface area (Å²) in [7, 11) is 6.02. The zero-order valence-corrected chi connectivity index (χ0v) is 59.1. The van der Waals surface area contributed by atoms with Crippen molar-refractivity contribution in [2.24, 2.45) is 28.6 Å². The third-order valence-electron chi connectivity index (χ3n) is 24.2. The molecular weight excluding hydrogens is 1270 g/mol. The van der Waals surface area contributed by atoms with Gasteiger partial charge in [-0.2, -0.15) is 0 Å². The maximum absolute atomic E-state index is 13.1. The van der Waals surface area contributed by atoms with Crippen LogP contribution in [0.5, 0.6) is 0 Å². The van der Waals surface area contributed by atoms with Crippen molar-refractivity contribution in [3.8, 4) is 0 Å². The van der Waals surface area contributed by atoms with Crippen molar-refractivity contribution in [1.82, 2.24) is 0 Å². The van der Waals surface area contributed by atoms with Gasteiger partial charge in [0.1, 0.15) is 42.7 Å². The number of hydrogen-bond donors (Lipinski definition) is 4. The van der Waals surface area contributed by atoms with Gasteiger partial charge in [-0.15, -0.1) is 0 Å². The minimum Gasteiger partial charge on any atom is -0.493 e. The smallest absolute Gasteiger partial charge is 0.303 e. The van der Waals surface area contributed by atoms with Crippen molar-refractivity contribution < 1.29 is 129 Å². The minimum absolute atomic E-state index is 0.00805. The summed E-state index contributed by atoms with van der Waals surface area (Å²) in [6.07, 6.45) is -9.10. The van der Waals surface area contributed by atoms with Crippen LogP contribution in [0.25, 0.3) is 0 Å². The lowest BCUT2D eigenvalue weighted by Crippen LogP contribution is -2.62. The maximum Gasteiger partial charge on any atom is 0.303 e. The fraction of sp³-hybridized carbons (Fsp3) is 0.914. The molecule has 0 aromatic rings. The summed E-state index contributed by atoms with van der Waals surface area (Å²) in [5, 5.41) is 47.0. The SMILES string of the molecule is COC1=C[C@@H](C)O[C@@H](O[C@H]2CC[C@@]3(C)C(=CC[C@@H]4[C@@H]3CC[C@@]3(C)[C@H]4CC[C@]3(O)[C@H](C)O[C@H]3C[C@H]4OCO[C@@]5(C[C@@H](OC)[C@H](O[C@H]6C[C@H](O)[C@H](O[C@H]7C[C@@H](O)[C@H](O[C@H]8C[C@H](OC)[C@H](O[C@@H]9O[C@H](C)[C@H](O)[C@H](OC)[C@H]9OC(C)=O)[C@@H](C)O8)[C@@H](C)O7)[C@@H](C)O6)[C@@H](C)O5)O[C@@H]4[C@@H](C)O3)C2)C1=O. The number of ether oxygens (including phenoxy) is 21. The quantitative estimate of drug-likeness (QED) is 0.0983. The summed E-state index contributed by atoms with van der Waals surface area (Å²) in [6.45, 7) is 20.4. The number of Topliss-reactive ketones (excluding diaryl/α,β-unsaturated/α-hetero) is 1. The normalized spacial score (nSPS) is 51.4. The second kappa shape index (κ2) is 29.9. The van der Waals surface area contributed by atoms with E-state index in [1.54, 1.807) is 40.9 Å². The van der Waals surface area contributed by atoms with Gasteiger partial charge >= 0.3 is 5.97 Å². The third kappa shape index (κ3) is 14.6. The molecule has 0 amide bonds. The van der Waals surface area contributed by atoms with Crippen LogP contribution in [0.4, 0.5) is 0 Å². The molecule has 4 aliphatic carbocycles. The summed E-state index contributed by atoms with van der Waals surface area (Å²) in [5.41, 5.74) is -0.0477. The van der Waals surface area contributed by atoms with Gasteiger partial charge in [0, 0.05) is 59.4 Å². The highest BCUT2D eigenvalue weighted by Crippen LogP contribution is 2.68. The molecule has 12 aliphatic rings. The van der Waals surface area contributed by atoms with Gasteiger partial charge in [-0.3, -0.25) is 9.59 Å². The Kier molecular flexibility index (Phi) is 22.9. The summed E-state index contributed by atoms with van der Waals surface area (Å²) in [4.78, 5) is 25.2. The van der Waals surface area contributed by atoms with Crippen LogP contribution in [0.2, 0.25) is 0 Å². The van der Waals surface area contributed by atoms with E-state index in [0.717, 1.165) is 44.9 Å². The van der Waals surface area contributed by atoms with Gasteiger partial charge in [0.2, 0.25) is 6.29 Å². The van der Waals surface area contributed by atoms with E-state index in [-0.39, 0.29) is 67.1 Å². The van der Waals surface area contributed by atoms with Crippen LogP contribution in [-0.4, -0.2) is 251 Å². The van der Waals surface area contributed by atoms with Gasteiger partial charge < -0.3 is 120 Å². The Bertz CT molecular complexity index is 2740. The van der Waals surface area contributed by atoms with Gasteiger partial charge in [-0.1, -0.05) is 25.5 Å². The number of allylic oxidation sites excluding steroid dienone is 1. The highest BCUT2D eigenvalue weighted by atomic mass is 16.9. The molecule has 552 valence electrons. The largest absolute Gasteiger partial charge is 0.493 e. The third-order valence-corrected chi connectivity index (χ3v) is 24.2. The Morgan fingerprint density at radius 2 is 1.27 bits per heavy atom. The highest BCUT2D eigenvalue weighted by molar-refractivity contribution is 5.96. The molecule has 1 spiro atoms. The first kappa shape index (κ1) is 74.2. The molecule has 7 saturated heterocycles. The summed E-state index contributed by atoms with van der Waals surface area (Å²) >= 11 is 0. The summed E-state index contributed by atoms with van der Waals surface area (Å²) < 4.78 is 131. The maximum atomic E-state index is 13.1. The van der Waals surface area contributed by atoms with Crippen molar-refractivity contribution in [2.75, 3.05) is 35.2 Å². The minimum atomic E-state index is -1.59. The lowest BCUT2D eigenvalue weighted by molar-refractivity contribution is -0.447. The molecule has 10 fully saturated rings. The molecular formula is C70H110O27. The molecule has 12 rings (SSSR count). The summed E-state index contributed by atoms with van der Waals surface area (Å²) in [6, 6.07) is 0. The number of hydrogen-bond acceptors (Lipinski definition) is 27. The number of carbonyl (C=O) groups is 2. The molecule has 0 radical (unpaired) electrons. The molecule has 3 saturated carbocycles. The summed E-state index contributed by atoms with van der Waals surface area (Å²) in [5.74, 6) is -0.971. The number of carbonyl (C=O) groups excluding carboxylic acids is 2. The molecule has 0 unspecified atom stereocenters. The van der Waals surface area contributed by atoms with Crippen molar-refractivity contribution in [3.05, 3.63) is 23.5 Å². The van der Waals surface area contributed by atoms with E-state index < -0.39 is 177 Å². The van der Waals surface area contributed by atoms with Gasteiger partial charge in [-0.05, 0) is 136 Å². The van der Waals surface area contributed by atoms with Crippen LogP contribution in [0.3, 0.4) is 0 Å². The number of aliphatic hydroxyl groups excluding tert-OH is 3. The monoisotopic (exact) mass is 1380 g/mol. The van der Waals surface area contributed by atoms with E-state index in [0.29, 0.717) is 30.6 Å². The fourth-order valence-corrected chi connectivity index (χ4v) is 19.0. The van der Waals surface area contributed by atoms with Gasteiger partial charge in [-0.25, -0.2) is 0 Å². The number of methoxy groups -OCH3 is 4. The van der Waals surface area contributed by atoms with E-state index in [1.165, 1.54) is 33.8 Å². The van der Waals surface area contributed by atoms with Crippen LogP contribution < -0.4 is 0 Å². The molecule has 0 aromatic heterocycles. The van der Waals surface area contributed by atoms with E-state index in [1.807, 2.05) is 27.7 Å². The number of aliphatic hydroxyl groups is 4. The Morgan fingerprint density at radius 3 is 1.91 bits per heavy atom.